The molecule has 0 unspecified atom stereocenters. The van der Waals surface area contributed by atoms with Crippen molar-refractivity contribution in [2.75, 3.05) is 26.4 Å². The molecule has 0 heterocycles. The van der Waals surface area contributed by atoms with E-state index in [2.05, 4.69) is 0 Å². The molecule has 17 heteroatoms. The van der Waals surface area contributed by atoms with E-state index in [9.17, 15) is 46.8 Å². The Morgan fingerprint density at radius 3 is 0.978 bits per heavy atom. The molecule has 462 valence electrons. The van der Waals surface area contributed by atoms with Crippen LogP contribution in [0.1, 0.15) is 120 Å². The monoisotopic (exact) mass is 1240 g/mol. The second kappa shape index (κ2) is 38.6. The lowest BCUT2D eigenvalue weighted by Gasteiger charge is -2.07. The Morgan fingerprint density at radius 1 is 0.315 bits per heavy atom. The minimum atomic E-state index is -3.61. The van der Waals surface area contributed by atoms with Gasteiger partial charge in [0, 0.05) is 57.7 Å². The van der Waals surface area contributed by atoms with Gasteiger partial charge >= 0.3 is 23.9 Å². The molecule has 8 rings (SSSR count). The summed E-state index contributed by atoms with van der Waals surface area (Å²) in [4.78, 5) is 95.2. The zero-order valence-corrected chi connectivity index (χ0v) is 51.8. The number of ketones is 4. The van der Waals surface area contributed by atoms with Crippen LogP contribution >= 0.6 is 11.8 Å². The van der Waals surface area contributed by atoms with Crippen LogP contribution in [0.15, 0.2) is 238 Å². The number of hydrogen-bond donors (Lipinski definition) is 0. The van der Waals surface area contributed by atoms with Crippen LogP contribution in [-0.2, 0) is 48.0 Å². The third-order valence-corrected chi connectivity index (χ3v) is 15.2. The molecule has 8 aromatic rings. The molecule has 0 aliphatic rings. The summed E-state index contributed by atoms with van der Waals surface area (Å²) in [6.07, 6.45) is 4.09. The molecule has 0 spiro atoms. The van der Waals surface area contributed by atoms with Gasteiger partial charge in [0.1, 0.15) is 11.5 Å². The lowest BCUT2D eigenvalue weighted by Crippen LogP contribution is -2.14. The Labute approximate surface area is 524 Å². The van der Waals surface area contributed by atoms with Crippen LogP contribution in [0.3, 0.4) is 0 Å². The highest BCUT2D eigenvalue weighted by molar-refractivity contribution is 7.99. The van der Waals surface area contributed by atoms with Crippen molar-refractivity contribution in [3.05, 3.63) is 241 Å². The number of carbonyl (C=O) groups excluding carboxylic acids is 8. The zero-order chi connectivity index (χ0) is 64.2. The molecule has 0 amide bonds. The van der Waals surface area contributed by atoms with Crippen LogP contribution in [0.25, 0.3) is 11.1 Å². The van der Waals surface area contributed by atoms with E-state index < -0.39 is 15.8 Å². The van der Waals surface area contributed by atoms with Gasteiger partial charge < -0.3 is 23.7 Å². The minimum absolute atomic E-state index is 0.105. The van der Waals surface area contributed by atoms with Crippen molar-refractivity contribution >= 4 is 68.6 Å². The number of para-hydroxylation sites is 1. The number of carbonyl (C=O) groups is 8. The number of benzene rings is 8. The third-order valence-electron chi connectivity index (χ3n) is 12.4. The fourth-order valence-corrected chi connectivity index (χ4v) is 9.84. The molecule has 0 saturated carbocycles. The first-order chi connectivity index (χ1) is 43.0. The largest absolute Gasteiger partial charge is 0.457 e. The molecular formula is C72H72O15S2. The van der Waals surface area contributed by atoms with Crippen molar-refractivity contribution in [3.8, 4) is 22.6 Å². The normalized spacial score (nSPS) is 10.4. The van der Waals surface area contributed by atoms with E-state index in [0.29, 0.717) is 60.1 Å². The molecular weight excluding hydrogens is 1170 g/mol. The van der Waals surface area contributed by atoms with E-state index >= 15 is 0 Å². The molecule has 15 nitrogen and oxygen atoms in total. The van der Waals surface area contributed by atoms with Gasteiger partial charge in [0.2, 0.25) is 9.84 Å². The minimum Gasteiger partial charge on any atom is -0.457 e. The van der Waals surface area contributed by atoms with Gasteiger partial charge in [-0.15, -0.1) is 0 Å². The maximum Gasteiger partial charge on any atom is 0.306 e. The summed E-state index contributed by atoms with van der Waals surface area (Å²) in [6, 6.07) is 64.5. The average molecular weight is 1240 g/mol. The highest BCUT2D eigenvalue weighted by Crippen LogP contribution is 2.28. The predicted molar refractivity (Wildman–Crippen MR) is 341 cm³/mol. The van der Waals surface area contributed by atoms with Crippen molar-refractivity contribution in [3.63, 3.8) is 0 Å². The van der Waals surface area contributed by atoms with E-state index in [-0.39, 0.29) is 83.7 Å². The third kappa shape index (κ3) is 25.3. The summed E-state index contributed by atoms with van der Waals surface area (Å²) < 4.78 is 50.2. The second-order valence-electron chi connectivity index (χ2n) is 19.5. The predicted octanol–water partition coefficient (Wildman–Crippen LogP) is 15.3. The average Bonchev–Trinajstić information content (AvgIpc) is 3.35. The molecule has 0 radical (unpaired) electrons. The van der Waals surface area contributed by atoms with E-state index in [1.807, 2.05) is 143 Å². The maximum atomic E-state index is 12.4. The van der Waals surface area contributed by atoms with E-state index in [1.54, 1.807) is 78.5 Å². The number of Topliss-reactive ketones (excluding diaryl/α,β-unsaturated/α-hetero) is 4. The number of hydrogen-bond acceptors (Lipinski definition) is 16. The number of esters is 4. The van der Waals surface area contributed by atoms with Gasteiger partial charge in [-0.3, -0.25) is 38.4 Å². The number of ether oxygens (including phenoxy) is 5. The van der Waals surface area contributed by atoms with Crippen molar-refractivity contribution in [1.29, 1.82) is 0 Å². The molecule has 89 heavy (non-hydrogen) atoms. The van der Waals surface area contributed by atoms with Crippen molar-refractivity contribution in [2.45, 2.75) is 98.6 Å². The Kier molecular flexibility index (Phi) is 30.4. The summed E-state index contributed by atoms with van der Waals surface area (Å²) in [5, 5.41) is 0. The Hall–Kier alpha value is -9.58. The van der Waals surface area contributed by atoms with Gasteiger partial charge in [0.25, 0.3) is 0 Å². The summed E-state index contributed by atoms with van der Waals surface area (Å²) >= 11 is 1.64. The van der Waals surface area contributed by atoms with Crippen molar-refractivity contribution in [2.24, 2.45) is 0 Å². The van der Waals surface area contributed by atoms with Gasteiger partial charge in [0.15, 0.2) is 49.6 Å². The first-order valence-electron chi connectivity index (χ1n) is 29.0. The molecule has 0 N–H and O–H groups in total. The molecule has 8 aromatic carbocycles. The van der Waals surface area contributed by atoms with Gasteiger partial charge in [0.05, 0.1) is 9.79 Å². The molecule has 0 aliphatic carbocycles. The standard InChI is InChI=1S/C18H18O5S.C18H18O4.C18H18O3S.C18H18O3/c1-2-6-18(20)23-13-17(19)14-9-11-16(12-10-14)24(21,22)15-7-4-3-5-8-15;2*1-2-6-18(20)21-13-17(19)14-9-11-16(12-10-14)22-15-7-4-3-5-8-15;1-2-6-18(20)21-13-17(19)16-11-9-15(10-12-16)14-7-4-3-5-8-14/h3-5,7-12H,2,6,13H2,1H3;2*3-5,7-12H,2,6,13H2,1H3;3-5,7-12H,2,6,13H2,1H3. The van der Waals surface area contributed by atoms with E-state index in [1.165, 1.54) is 36.4 Å². The molecule has 0 aliphatic heterocycles. The first kappa shape index (κ1) is 70.2. The lowest BCUT2D eigenvalue weighted by atomic mass is 10.0. The zero-order valence-electron chi connectivity index (χ0n) is 50.2. The number of rotatable bonds is 27. The summed E-state index contributed by atoms with van der Waals surface area (Å²) in [6.45, 7) is 6.57. The maximum absolute atomic E-state index is 12.4. The van der Waals surface area contributed by atoms with Crippen molar-refractivity contribution in [1.82, 2.24) is 0 Å². The van der Waals surface area contributed by atoms with Crippen LogP contribution in [-0.4, -0.2) is 81.9 Å². The molecule has 0 bridgehead atoms. The van der Waals surface area contributed by atoms with Gasteiger partial charge in [-0.1, -0.05) is 161 Å². The topological polar surface area (TPSA) is 217 Å². The van der Waals surface area contributed by atoms with Crippen LogP contribution in [0.4, 0.5) is 0 Å². The Bertz CT molecular complexity index is 3500. The van der Waals surface area contributed by atoms with E-state index in [0.717, 1.165) is 39.5 Å². The lowest BCUT2D eigenvalue weighted by molar-refractivity contribution is -0.143. The van der Waals surface area contributed by atoms with Crippen LogP contribution in [0.5, 0.6) is 11.5 Å². The summed E-state index contributed by atoms with van der Waals surface area (Å²) in [5.74, 6) is -1.01. The first-order valence-corrected chi connectivity index (χ1v) is 31.3. The van der Waals surface area contributed by atoms with Crippen LogP contribution < -0.4 is 4.74 Å². The Morgan fingerprint density at radius 2 is 0.596 bits per heavy atom. The van der Waals surface area contributed by atoms with Crippen LogP contribution in [0, 0.1) is 0 Å². The van der Waals surface area contributed by atoms with Gasteiger partial charge in [-0.25, -0.2) is 8.42 Å². The van der Waals surface area contributed by atoms with Crippen molar-refractivity contribution < 1.29 is 70.5 Å². The molecule has 0 aromatic heterocycles. The summed E-state index contributed by atoms with van der Waals surface area (Å²) in [5.41, 5.74) is 4.05. The highest BCUT2D eigenvalue weighted by atomic mass is 32.2. The molecule has 0 saturated heterocycles. The fourth-order valence-electron chi connectivity index (χ4n) is 7.72. The van der Waals surface area contributed by atoms with Gasteiger partial charge in [-0.05, 0) is 134 Å². The second-order valence-corrected chi connectivity index (χ2v) is 22.6. The highest BCUT2D eigenvalue weighted by Gasteiger charge is 2.19. The number of sulfone groups is 1. The molecule has 0 fully saturated rings. The SMILES string of the molecule is CCCC(=O)OCC(=O)c1ccc(-c2ccccc2)cc1.CCCC(=O)OCC(=O)c1ccc(Oc2ccccc2)cc1.CCCC(=O)OCC(=O)c1ccc(S(=O)(=O)c2ccccc2)cc1.CCCC(=O)OCC(=O)c1ccc(Sc2ccccc2)cc1. The smallest absolute Gasteiger partial charge is 0.306 e. The Balaban J connectivity index is 0.000000216. The van der Waals surface area contributed by atoms with Gasteiger partial charge in [-0.2, -0.15) is 0 Å². The van der Waals surface area contributed by atoms with E-state index in [4.69, 9.17) is 23.7 Å². The quantitative estimate of drug-likeness (QED) is 0.0266. The van der Waals surface area contributed by atoms with Crippen LogP contribution in [0.2, 0.25) is 0 Å². The molecule has 0 atom stereocenters. The fraction of sp³-hybridized carbons (Fsp3) is 0.222. The summed E-state index contributed by atoms with van der Waals surface area (Å²) in [7, 11) is -3.61.